The Morgan fingerprint density at radius 2 is 1.97 bits per heavy atom. The van der Waals surface area contributed by atoms with Crippen molar-refractivity contribution in [3.8, 4) is 11.5 Å². The van der Waals surface area contributed by atoms with E-state index < -0.39 is 0 Å². The van der Waals surface area contributed by atoms with Gasteiger partial charge in [-0.05, 0) is 42.2 Å². The normalized spacial score (nSPS) is 14.8. The number of methoxy groups -OCH3 is 2. The lowest BCUT2D eigenvalue weighted by Gasteiger charge is -2.25. The molecule has 2 aromatic heterocycles. The molecule has 1 unspecified atom stereocenters. The Balaban J connectivity index is 1.39. The maximum absolute atomic E-state index is 13.3. The molecule has 0 aliphatic heterocycles. The first kappa shape index (κ1) is 21.0. The Morgan fingerprint density at radius 1 is 1.12 bits per heavy atom. The first-order valence-corrected chi connectivity index (χ1v) is 11.0. The number of nitrogens with zero attached hydrogens (tertiary/aromatic N) is 4. The summed E-state index contributed by atoms with van der Waals surface area (Å²) in [5, 5.41) is 5.33. The second-order valence-electron chi connectivity index (χ2n) is 8.29. The number of carbonyl (C=O) groups is 1. The summed E-state index contributed by atoms with van der Waals surface area (Å²) in [6.45, 7) is 0.496. The molecule has 168 valence electrons. The number of aryl methyl sites for hydroxylation is 1. The van der Waals surface area contributed by atoms with Gasteiger partial charge in [-0.1, -0.05) is 24.3 Å². The van der Waals surface area contributed by atoms with Gasteiger partial charge >= 0.3 is 0 Å². The number of rotatable bonds is 6. The van der Waals surface area contributed by atoms with Crippen LogP contribution in [0.5, 0.6) is 11.5 Å². The molecule has 0 spiro atoms. The maximum atomic E-state index is 13.3. The second kappa shape index (κ2) is 8.58. The molecule has 0 radical (unpaired) electrons. The van der Waals surface area contributed by atoms with Crippen molar-refractivity contribution < 1.29 is 14.3 Å². The zero-order chi connectivity index (χ0) is 22.9. The van der Waals surface area contributed by atoms with E-state index in [1.807, 2.05) is 47.0 Å². The minimum atomic E-state index is -0.0318. The van der Waals surface area contributed by atoms with Crippen LogP contribution in [0.3, 0.4) is 0 Å². The summed E-state index contributed by atoms with van der Waals surface area (Å²) in [5.74, 6) is 1.43. The number of ether oxygens (including phenoxy) is 2. The number of hydrogen-bond acceptors (Lipinski definition) is 5. The van der Waals surface area contributed by atoms with Crippen molar-refractivity contribution >= 4 is 16.9 Å². The van der Waals surface area contributed by atoms with Crippen LogP contribution < -0.4 is 9.47 Å². The van der Waals surface area contributed by atoms with Gasteiger partial charge in [0.2, 0.25) is 0 Å². The molecule has 0 saturated carbocycles. The zero-order valence-corrected chi connectivity index (χ0v) is 19.0. The van der Waals surface area contributed by atoms with E-state index in [2.05, 4.69) is 28.3 Å². The van der Waals surface area contributed by atoms with Gasteiger partial charge in [-0.3, -0.25) is 4.79 Å². The van der Waals surface area contributed by atoms with E-state index in [9.17, 15) is 4.79 Å². The van der Waals surface area contributed by atoms with Crippen LogP contribution in [0, 0.1) is 0 Å². The third-order valence-corrected chi connectivity index (χ3v) is 6.43. The number of benzene rings is 2. The number of aromatic nitrogens is 3. The average molecular weight is 443 g/mol. The monoisotopic (exact) mass is 442 g/mol. The summed E-state index contributed by atoms with van der Waals surface area (Å²) >= 11 is 0. The lowest BCUT2D eigenvalue weighted by molar-refractivity contribution is 0.0730. The van der Waals surface area contributed by atoms with Gasteiger partial charge in [0.1, 0.15) is 11.5 Å². The highest BCUT2D eigenvalue weighted by Gasteiger charge is 2.29. The summed E-state index contributed by atoms with van der Waals surface area (Å²) in [4.78, 5) is 19.7. The molecule has 1 aliphatic rings. The number of pyridine rings is 1. The summed E-state index contributed by atoms with van der Waals surface area (Å²) in [7, 11) is 5.13. The number of hydrogen-bond donors (Lipinski definition) is 0. The smallest absolute Gasteiger partial charge is 0.255 e. The lowest BCUT2D eigenvalue weighted by atomic mass is 10.1. The predicted molar refractivity (Wildman–Crippen MR) is 126 cm³/mol. The van der Waals surface area contributed by atoms with E-state index in [-0.39, 0.29) is 11.9 Å². The van der Waals surface area contributed by atoms with Crippen LogP contribution in [0.4, 0.5) is 0 Å². The Morgan fingerprint density at radius 3 is 2.79 bits per heavy atom. The van der Waals surface area contributed by atoms with E-state index in [1.165, 1.54) is 11.1 Å². The molecule has 1 atom stereocenters. The molecule has 0 bridgehead atoms. The number of carbonyl (C=O) groups excluding carboxylic acids is 1. The van der Waals surface area contributed by atoms with Crippen LogP contribution in [0.2, 0.25) is 0 Å². The van der Waals surface area contributed by atoms with E-state index in [1.54, 1.807) is 26.6 Å². The highest BCUT2D eigenvalue weighted by atomic mass is 16.5. The van der Waals surface area contributed by atoms with Gasteiger partial charge in [-0.15, -0.1) is 0 Å². The fraction of sp³-hybridized carbons (Fsp3) is 0.269. The molecule has 2 aromatic carbocycles. The first-order chi connectivity index (χ1) is 16.1. The van der Waals surface area contributed by atoms with Crippen LogP contribution in [-0.2, 0) is 13.0 Å². The number of fused-ring (bicyclic) bond motifs is 2. The highest BCUT2D eigenvalue weighted by Crippen LogP contribution is 2.35. The van der Waals surface area contributed by atoms with Crippen molar-refractivity contribution in [1.29, 1.82) is 0 Å². The van der Waals surface area contributed by atoms with E-state index in [4.69, 9.17) is 9.47 Å². The average Bonchev–Trinajstić information content (AvgIpc) is 3.47. The van der Waals surface area contributed by atoms with E-state index in [0.29, 0.717) is 12.1 Å². The second-order valence-corrected chi connectivity index (χ2v) is 8.29. The minimum absolute atomic E-state index is 0.0318. The van der Waals surface area contributed by atoms with Gasteiger partial charge < -0.3 is 14.4 Å². The summed E-state index contributed by atoms with van der Waals surface area (Å²) < 4.78 is 12.6. The Bertz CT molecular complexity index is 1330. The summed E-state index contributed by atoms with van der Waals surface area (Å²) in [5.41, 5.74) is 4.81. The third kappa shape index (κ3) is 3.80. The minimum Gasteiger partial charge on any atom is -0.497 e. The van der Waals surface area contributed by atoms with Gasteiger partial charge in [0.05, 0.1) is 38.6 Å². The molecule has 0 N–H and O–H groups in total. The third-order valence-electron chi connectivity index (χ3n) is 6.43. The molecular weight excluding hydrogens is 416 g/mol. The standard InChI is InChI=1S/C26H26N4O3/c1-29(23-11-9-17-6-4-5-7-22(17)23)26(31)20-12-19-15-28-30(25(19)27-14-20)16-18-8-10-21(32-2)13-24(18)33-3/h4-8,10,12-15,23H,9,11,16H2,1-3H3. The van der Waals surface area contributed by atoms with Gasteiger partial charge in [-0.2, -0.15) is 5.10 Å². The highest BCUT2D eigenvalue weighted by molar-refractivity contribution is 5.97. The molecule has 2 heterocycles. The van der Waals surface area contributed by atoms with Crippen molar-refractivity contribution in [1.82, 2.24) is 19.7 Å². The predicted octanol–water partition coefficient (Wildman–Crippen LogP) is 4.26. The van der Waals surface area contributed by atoms with Crippen LogP contribution in [0.25, 0.3) is 11.0 Å². The van der Waals surface area contributed by atoms with Crippen molar-refractivity contribution in [2.45, 2.75) is 25.4 Å². The molecule has 1 aliphatic carbocycles. The summed E-state index contributed by atoms with van der Waals surface area (Å²) in [6.07, 6.45) is 5.33. The van der Waals surface area contributed by atoms with Crippen molar-refractivity contribution in [3.05, 3.63) is 83.2 Å². The Labute approximate surface area is 192 Å². The summed E-state index contributed by atoms with van der Waals surface area (Å²) in [6, 6.07) is 16.0. The van der Waals surface area contributed by atoms with Crippen molar-refractivity contribution in [2.24, 2.45) is 0 Å². The molecule has 7 nitrogen and oxygen atoms in total. The van der Waals surface area contributed by atoms with Crippen LogP contribution in [0.1, 0.15) is 39.5 Å². The lowest BCUT2D eigenvalue weighted by Crippen LogP contribution is -2.30. The molecule has 33 heavy (non-hydrogen) atoms. The van der Waals surface area contributed by atoms with Gasteiger partial charge in [0.25, 0.3) is 5.91 Å². The zero-order valence-electron chi connectivity index (χ0n) is 19.0. The quantitative estimate of drug-likeness (QED) is 0.446. The largest absolute Gasteiger partial charge is 0.497 e. The maximum Gasteiger partial charge on any atom is 0.255 e. The fourth-order valence-electron chi connectivity index (χ4n) is 4.63. The fourth-order valence-corrected chi connectivity index (χ4v) is 4.63. The van der Waals surface area contributed by atoms with E-state index in [0.717, 1.165) is 40.9 Å². The van der Waals surface area contributed by atoms with Gasteiger partial charge in [-0.25, -0.2) is 9.67 Å². The molecular formula is C26H26N4O3. The van der Waals surface area contributed by atoms with Gasteiger partial charge in [0.15, 0.2) is 5.65 Å². The number of amides is 1. The molecule has 5 rings (SSSR count). The van der Waals surface area contributed by atoms with Crippen LogP contribution in [-0.4, -0.2) is 46.8 Å². The first-order valence-electron chi connectivity index (χ1n) is 11.0. The Kier molecular flexibility index (Phi) is 5.46. The van der Waals surface area contributed by atoms with E-state index >= 15 is 0 Å². The van der Waals surface area contributed by atoms with Gasteiger partial charge in [0, 0.05) is 30.3 Å². The molecule has 7 heteroatoms. The van der Waals surface area contributed by atoms with Crippen LogP contribution >= 0.6 is 0 Å². The Hall–Kier alpha value is -3.87. The topological polar surface area (TPSA) is 69.5 Å². The molecule has 0 fully saturated rings. The van der Waals surface area contributed by atoms with Crippen LogP contribution in [0.15, 0.2) is 60.9 Å². The SMILES string of the molecule is COc1ccc(Cn2ncc3cc(C(=O)N(C)C4CCc5ccccc54)cnc32)c(OC)c1. The molecule has 0 saturated heterocycles. The molecule has 1 amide bonds. The van der Waals surface area contributed by atoms with Crippen molar-refractivity contribution in [2.75, 3.05) is 21.3 Å². The van der Waals surface area contributed by atoms with Crippen molar-refractivity contribution in [3.63, 3.8) is 0 Å². The molecule has 4 aromatic rings.